The van der Waals surface area contributed by atoms with E-state index in [4.69, 9.17) is 0 Å². The lowest BCUT2D eigenvalue weighted by atomic mass is 10.1. The Morgan fingerprint density at radius 2 is 2.22 bits per heavy atom. The number of carbonyl (C=O) groups is 1. The first-order chi connectivity index (χ1) is 11.1. The van der Waals surface area contributed by atoms with E-state index in [1.54, 1.807) is 6.07 Å². The lowest BCUT2D eigenvalue weighted by molar-refractivity contribution is -0.131. The van der Waals surface area contributed by atoms with Crippen LogP contribution in [-0.2, 0) is 11.2 Å². The topological polar surface area (TPSA) is 78.1 Å². The molecule has 1 atom stereocenters. The minimum absolute atomic E-state index is 0.119. The molecular formula is C17H22N4O2. The number of nitrogens with one attached hydrogen (secondary N) is 2. The van der Waals surface area contributed by atoms with Gasteiger partial charge in [0.05, 0.1) is 10.9 Å². The third-order valence-electron chi connectivity index (χ3n) is 4.44. The normalized spacial score (nSPS) is 17.5. The number of amides is 1. The number of fused-ring (bicyclic) bond motifs is 1. The van der Waals surface area contributed by atoms with Crippen molar-refractivity contribution in [1.82, 2.24) is 20.2 Å². The highest BCUT2D eigenvalue weighted by Gasteiger charge is 2.22. The lowest BCUT2D eigenvalue weighted by Crippen LogP contribution is -2.38. The molecule has 3 rings (SSSR count). The summed E-state index contributed by atoms with van der Waals surface area (Å²) in [5.41, 5.74) is 0.581. The molecule has 1 aromatic heterocycles. The number of aryl methyl sites for hydroxylation is 1. The SMILES string of the molecule is CN(C(=O)CCCc1nc2ccccc2c(=O)[nH]1)C1CCNC1. The third-order valence-corrected chi connectivity index (χ3v) is 4.44. The molecule has 1 saturated heterocycles. The van der Waals surface area contributed by atoms with Crippen LogP contribution < -0.4 is 10.9 Å². The molecule has 0 aliphatic carbocycles. The lowest BCUT2D eigenvalue weighted by Gasteiger charge is -2.23. The van der Waals surface area contributed by atoms with Gasteiger partial charge in [-0.25, -0.2) is 4.98 Å². The van der Waals surface area contributed by atoms with Crippen molar-refractivity contribution in [2.24, 2.45) is 0 Å². The quantitative estimate of drug-likeness (QED) is 0.865. The minimum Gasteiger partial charge on any atom is -0.341 e. The summed E-state index contributed by atoms with van der Waals surface area (Å²) in [4.78, 5) is 33.3. The third kappa shape index (κ3) is 3.59. The highest BCUT2D eigenvalue weighted by atomic mass is 16.2. The van der Waals surface area contributed by atoms with Crippen molar-refractivity contribution in [2.75, 3.05) is 20.1 Å². The van der Waals surface area contributed by atoms with Crippen molar-refractivity contribution in [2.45, 2.75) is 31.7 Å². The van der Waals surface area contributed by atoms with Gasteiger partial charge in [-0.1, -0.05) is 12.1 Å². The van der Waals surface area contributed by atoms with E-state index in [-0.39, 0.29) is 11.5 Å². The molecular weight excluding hydrogens is 292 g/mol. The van der Waals surface area contributed by atoms with Gasteiger partial charge in [-0.3, -0.25) is 9.59 Å². The number of aromatic amines is 1. The molecule has 1 aliphatic rings. The van der Waals surface area contributed by atoms with Crippen molar-refractivity contribution < 1.29 is 4.79 Å². The van der Waals surface area contributed by atoms with Crippen molar-refractivity contribution in [1.29, 1.82) is 0 Å². The zero-order valence-electron chi connectivity index (χ0n) is 13.3. The van der Waals surface area contributed by atoms with Crippen LogP contribution in [0.5, 0.6) is 0 Å². The number of H-pyrrole nitrogens is 1. The van der Waals surface area contributed by atoms with Gasteiger partial charge in [0.1, 0.15) is 5.82 Å². The summed E-state index contributed by atoms with van der Waals surface area (Å²) in [6, 6.07) is 7.60. The van der Waals surface area contributed by atoms with Gasteiger partial charge >= 0.3 is 0 Å². The molecule has 2 aromatic rings. The number of benzene rings is 1. The Kier molecular flexibility index (Phi) is 4.71. The van der Waals surface area contributed by atoms with Gasteiger partial charge in [-0.2, -0.15) is 0 Å². The summed E-state index contributed by atoms with van der Waals surface area (Å²) in [6.45, 7) is 1.85. The molecule has 0 bridgehead atoms. The number of hydrogen-bond donors (Lipinski definition) is 2. The van der Waals surface area contributed by atoms with Crippen LogP contribution in [0.1, 0.15) is 25.1 Å². The largest absolute Gasteiger partial charge is 0.341 e. The van der Waals surface area contributed by atoms with Crippen LogP contribution in [-0.4, -0.2) is 47.0 Å². The van der Waals surface area contributed by atoms with Crippen molar-refractivity contribution in [3.63, 3.8) is 0 Å². The molecule has 2 heterocycles. The molecule has 23 heavy (non-hydrogen) atoms. The molecule has 1 unspecified atom stereocenters. The Labute approximate surface area is 134 Å². The maximum atomic E-state index is 12.2. The molecule has 6 heteroatoms. The van der Waals surface area contributed by atoms with Crippen LogP contribution in [0.25, 0.3) is 10.9 Å². The fourth-order valence-electron chi connectivity index (χ4n) is 3.01. The maximum absolute atomic E-state index is 12.2. The summed E-state index contributed by atoms with van der Waals surface area (Å²) < 4.78 is 0. The van der Waals surface area contributed by atoms with Crippen molar-refractivity contribution in [3.05, 3.63) is 40.4 Å². The molecule has 1 fully saturated rings. The standard InChI is InChI=1S/C17H22N4O2/c1-21(12-9-10-18-11-12)16(22)8-4-7-15-19-14-6-3-2-5-13(14)17(23)20-15/h2-3,5-6,12,18H,4,7-11H2,1H3,(H,19,20,23). The van der Waals surface area contributed by atoms with Crippen molar-refractivity contribution >= 4 is 16.8 Å². The molecule has 1 aliphatic heterocycles. The second kappa shape index (κ2) is 6.91. The number of carbonyl (C=O) groups excluding carboxylic acids is 1. The summed E-state index contributed by atoms with van der Waals surface area (Å²) in [5, 5.41) is 3.87. The zero-order chi connectivity index (χ0) is 16.2. The van der Waals surface area contributed by atoms with Crippen LogP contribution in [0.4, 0.5) is 0 Å². The molecule has 0 radical (unpaired) electrons. The molecule has 0 spiro atoms. The highest BCUT2D eigenvalue weighted by Crippen LogP contribution is 2.10. The molecule has 2 N–H and O–H groups in total. The van der Waals surface area contributed by atoms with Gasteiger partial charge in [-0.15, -0.1) is 0 Å². The zero-order valence-corrected chi connectivity index (χ0v) is 13.3. The Morgan fingerprint density at radius 3 is 3.00 bits per heavy atom. The maximum Gasteiger partial charge on any atom is 0.258 e. The molecule has 1 amide bonds. The van der Waals surface area contributed by atoms with Crippen LogP contribution in [0.3, 0.4) is 0 Å². The van der Waals surface area contributed by atoms with Crippen LogP contribution in [0.15, 0.2) is 29.1 Å². The van der Waals surface area contributed by atoms with E-state index < -0.39 is 0 Å². The number of para-hydroxylation sites is 1. The first kappa shape index (κ1) is 15.7. The minimum atomic E-state index is -0.119. The second-order valence-corrected chi connectivity index (χ2v) is 6.03. The number of aromatic nitrogens is 2. The highest BCUT2D eigenvalue weighted by molar-refractivity contribution is 5.77. The second-order valence-electron chi connectivity index (χ2n) is 6.03. The number of rotatable bonds is 5. The molecule has 0 saturated carbocycles. The van der Waals surface area contributed by atoms with E-state index in [0.717, 1.165) is 19.5 Å². The van der Waals surface area contributed by atoms with Crippen LogP contribution in [0, 0.1) is 0 Å². The molecule has 6 nitrogen and oxygen atoms in total. The average Bonchev–Trinajstić information content (AvgIpc) is 3.08. The summed E-state index contributed by atoms with van der Waals surface area (Å²) in [7, 11) is 1.87. The van der Waals surface area contributed by atoms with Gasteiger partial charge in [0, 0.05) is 32.5 Å². The van der Waals surface area contributed by atoms with E-state index in [1.165, 1.54) is 0 Å². The van der Waals surface area contributed by atoms with Gasteiger partial charge in [0.25, 0.3) is 5.56 Å². The van der Waals surface area contributed by atoms with Crippen LogP contribution >= 0.6 is 0 Å². The molecule has 122 valence electrons. The van der Waals surface area contributed by atoms with Crippen molar-refractivity contribution in [3.8, 4) is 0 Å². The Hall–Kier alpha value is -2.21. The van der Waals surface area contributed by atoms with Gasteiger partial charge in [-0.05, 0) is 31.5 Å². The number of nitrogens with zero attached hydrogens (tertiary/aromatic N) is 2. The fourth-order valence-corrected chi connectivity index (χ4v) is 3.01. The first-order valence-corrected chi connectivity index (χ1v) is 8.09. The summed E-state index contributed by atoms with van der Waals surface area (Å²) >= 11 is 0. The smallest absolute Gasteiger partial charge is 0.258 e. The van der Waals surface area contributed by atoms with Gasteiger partial charge in [0.2, 0.25) is 5.91 Å². The predicted molar refractivity (Wildman–Crippen MR) is 89.3 cm³/mol. The summed E-state index contributed by atoms with van der Waals surface area (Å²) in [5.74, 6) is 0.800. The first-order valence-electron chi connectivity index (χ1n) is 8.09. The fraction of sp³-hybridized carbons (Fsp3) is 0.471. The summed E-state index contributed by atoms with van der Waals surface area (Å²) in [6.07, 6.45) is 2.78. The monoisotopic (exact) mass is 314 g/mol. The van der Waals surface area contributed by atoms with E-state index in [1.807, 2.05) is 30.1 Å². The van der Waals surface area contributed by atoms with Gasteiger partial charge < -0.3 is 15.2 Å². The Bertz CT molecular complexity index is 750. The Morgan fingerprint density at radius 1 is 1.39 bits per heavy atom. The Balaban J connectivity index is 1.58. The van der Waals surface area contributed by atoms with Gasteiger partial charge in [0.15, 0.2) is 0 Å². The van der Waals surface area contributed by atoms with E-state index >= 15 is 0 Å². The van der Waals surface area contributed by atoms with E-state index in [9.17, 15) is 9.59 Å². The average molecular weight is 314 g/mol. The van der Waals surface area contributed by atoms with E-state index in [2.05, 4.69) is 15.3 Å². The number of hydrogen-bond acceptors (Lipinski definition) is 4. The molecule has 1 aromatic carbocycles. The predicted octanol–water partition coefficient (Wildman–Crippen LogP) is 1.07. The van der Waals surface area contributed by atoms with Crippen LogP contribution in [0.2, 0.25) is 0 Å². The number of likely N-dealkylation sites (N-methyl/N-ethyl adjacent to an activating group) is 1. The van der Waals surface area contributed by atoms with E-state index in [0.29, 0.717) is 42.0 Å².